The standard InChI is InChI=1S/C25H31N3O9/c1-27(2)13-8-11(24(35)37-5)18(29)15-10(13)6-9-7-12-17(28(3)4)20(31)16(23(26)34)22(33)25(12,36)21(32)14(9)19(15)30/h8-9,12,16-17,20,29-31,36H,6-7H2,1-5H3,(H2,26,34)/t9-,12-,16?,17?,20?,25-/m0/s1. The second-order valence-electron chi connectivity index (χ2n) is 10.3. The summed E-state index contributed by atoms with van der Waals surface area (Å²) in [4.78, 5) is 54.9. The number of amides is 1. The van der Waals surface area contributed by atoms with Gasteiger partial charge >= 0.3 is 5.97 Å². The maximum Gasteiger partial charge on any atom is 0.341 e. The van der Waals surface area contributed by atoms with E-state index in [1.807, 2.05) is 0 Å². The van der Waals surface area contributed by atoms with Gasteiger partial charge in [0.2, 0.25) is 11.7 Å². The molecule has 0 radical (unpaired) electrons. The van der Waals surface area contributed by atoms with Crippen LogP contribution in [-0.2, 0) is 25.5 Å². The number of ketones is 2. The average Bonchev–Trinajstić information content (AvgIpc) is 2.80. The number of aliphatic hydroxyl groups excluding tert-OH is 2. The first-order valence-corrected chi connectivity index (χ1v) is 11.7. The molecular formula is C25H31N3O9. The quantitative estimate of drug-likeness (QED) is 0.243. The number of hydrogen-bond donors (Lipinski definition) is 5. The molecule has 37 heavy (non-hydrogen) atoms. The molecule has 0 bridgehead atoms. The molecule has 0 heterocycles. The van der Waals surface area contributed by atoms with Crippen LogP contribution in [0, 0.1) is 17.8 Å². The van der Waals surface area contributed by atoms with E-state index >= 15 is 0 Å². The summed E-state index contributed by atoms with van der Waals surface area (Å²) in [5.74, 6) is -9.34. The lowest BCUT2D eigenvalue weighted by Crippen LogP contribution is -2.73. The summed E-state index contributed by atoms with van der Waals surface area (Å²) in [5, 5.41) is 44.8. The van der Waals surface area contributed by atoms with E-state index in [1.165, 1.54) is 11.0 Å². The molecule has 6 N–H and O–H groups in total. The summed E-state index contributed by atoms with van der Waals surface area (Å²) in [6.07, 6.45) is -1.43. The van der Waals surface area contributed by atoms with Crippen molar-refractivity contribution in [2.75, 3.05) is 40.2 Å². The number of ether oxygens (including phenoxy) is 1. The Morgan fingerprint density at radius 3 is 2.30 bits per heavy atom. The molecule has 2 saturated carbocycles. The largest absolute Gasteiger partial charge is 0.507 e. The summed E-state index contributed by atoms with van der Waals surface area (Å²) in [6, 6.07) is 0.449. The number of aliphatic hydroxyl groups is 3. The Labute approximate surface area is 212 Å². The normalized spacial score (nSPS) is 31.0. The molecule has 1 aromatic carbocycles. The first-order valence-electron chi connectivity index (χ1n) is 11.7. The van der Waals surface area contributed by atoms with Crippen molar-refractivity contribution in [2.45, 2.75) is 30.6 Å². The Morgan fingerprint density at radius 1 is 1.16 bits per heavy atom. The van der Waals surface area contributed by atoms with Crippen molar-refractivity contribution >= 4 is 34.9 Å². The third-order valence-corrected chi connectivity index (χ3v) is 7.95. The number of primary amides is 1. The second kappa shape index (κ2) is 8.82. The third-order valence-electron chi connectivity index (χ3n) is 7.95. The predicted molar refractivity (Wildman–Crippen MR) is 130 cm³/mol. The Kier molecular flexibility index (Phi) is 6.34. The van der Waals surface area contributed by atoms with Crippen LogP contribution in [0.4, 0.5) is 5.69 Å². The van der Waals surface area contributed by atoms with Crippen molar-refractivity contribution in [1.82, 2.24) is 4.90 Å². The molecule has 1 aromatic rings. The topological polar surface area (TPSA) is 191 Å². The Bertz CT molecular complexity index is 1250. The second-order valence-corrected chi connectivity index (χ2v) is 10.3. The Hall–Kier alpha value is -3.48. The number of anilines is 1. The van der Waals surface area contributed by atoms with Gasteiger partial charge < -0.3 is 40.7 Å². The van der Waals surface area contributed by atoms with Crippen LogP contribution >= 0.6 is 0 Å². The fourth-order valence-corrected chi connectivity index (χ4v) is 6.32. The number of rotatable bonds is 4. The molecule has 6 atom stereocenters. The fourth-order valence-electron chi connectivity index (χ4n) is 6.32. The van der Waals surface area contributed by atoms with Gasteiger partial charge in [0, 0.05) is 37.3 Å². The molecule has 200 valence electrons. The van der Waals surface area contributed by atoms with Crippen LogP contribution in [0.5, 0.6) is 5.75 Å². The minimum absolute atomic E-state index is 0.00455. The van der Waals surface area contributed by atoms with E-state index in [2.05, 4.69) is 0 Å². The van der Waals surface area contributed by atoms with Crippen molar-refractivity contribution in [3.05, 3.63) is 28.3 Å². The van der Waals surface area contributed by atoms with E-state index in [4.69, 9.17) is 10.5 Å². The smallest absolute Gasteiger partial charge is 0.341 e. The van der Waals surface area contributed by atoms with Gasteiger partial charge in [0.25, 0.3) is 0 Å². The molecule has 12 nitrogen and oxygen atoms in total. The molecule has 0 aliphatic heterocycles. The highest BCUT2D eigenvalue weighted by Crippen LogP contribution is 2.53. The van der Waals surface area contributed by atoms with Gasteiger partial charge in [-0.2, -0.15) is 0 Å². The lowest BCUT2D eigenvalue weighted by molar-refractivity contribution is -0.184. The molecule has 0 spiro atoms. The molecule has 2 fully saturated rings. The molecule has 0 saturated heterocycles. The summed E-state index contributed by atoms with van der Waals surface area (Å²) in [5.41, 5.74) is 2.87. The van der Waals surface area contributed by atoms with Gasteiger partial charge in [-0.25, -0.2) is 4.79 Å². The number of likely N-dealkylation sites (N-methyl/N-ethyl adjacent to an activating group) is 1. The molecule has 3 aliphatic rings. The van der Waals surface area contributed by atoms with Crippen molar-refractivity contribution in [1.29, 1.82) is 0 Å². The van der Waals surface area contributed by atoms with E-state index < -0.39 is 70.5 Å². The number of hydrogen-bond acceptors (Lipinski definition) is 11. The summed E-state index contributed by atoms with van der Waals surface area (Å²) in [6.45, 7) is 0. The highest BCUT2D eigenvalue weighted by Gasteiger charge is 2.67. The fraction of sp³-hybridized carbons (Fsp3) is 0.520. The highest BCUT2D eigenvalue weighted by molar-refractivity contribution is 6.25. The van der Waals surface area contributed by atoms with Crippen molar-refractivity contribution in [3.8, 4) is 5.75 Å². The van der Waals surface area contributed by atoms with E-state index in [0.29, 0.717) is 11.3 Å². The number of methoxy groups -OCH3 is 1. The number of esters is 1. The van der Waals surface area contributed by atoms with Crippen LogP contribution in [0.25, 0.3) is 5.76 Å². The number of phenols is 1. The summed E-state index contributed by atoms with van der Waals surface area (Å²) in [7, 11) is 7.71. The molecule has 3 unspecified atom stereocenters. The number of nitrogens with two attached hydrogens (primary N) is 1. The number of benzene rings is 1. The van der Waals surface area contributed by atoms with Gasteiger partial charge in [0.15, 0.2) is 11.4 Å². The van der Waals surface area contributed by atoms with E-state index in [9.17, 15) is 39.6 Å². The first kappa shape index (κ1) is 26.6. The van der Waals surface area contributed by atoms with Crippen LogP contribution in [0.3, 0.4) is 0 Å². The zero-order chi connectivity index (χ0) is 27.7. The maximum atomic E-state index is 13.9. The van der Waals surface area contributed by atoms with Gasteiger partial charge in [0.1, 0.15) is 23.0 Å². The lowest BCUT2D eigenvalue weighted by atomic mass is 9.54. The Balaban J connectivity index is 1.98. The van der Waals surface area contributed by atoms with Gasteiger partial charge in [0.05, 0.1) is 18.8 Å². The number of carbonyl (C=O) groups is 4. The van der Waals surface area contributed by atoms with E-state index in [1.54, 1.807) is 33.1 Å². The molecule has 3 aliphatic carbocycles. The molecule has 0 aromatic heterocycles. The van der Waals surface area contributed by atoms with Crippen molar-refractivity contribution < 1.29 is 44.3 Å². The van der Waals surface area contributed by atoms with Crippen LogP contribution in [0.15, 0.2) is 11.6 Å². The van der Waals surface area contributed by atoms with E-state index in [-0.39, 0.29) is 29.5 Å². The number of phenolic OH excluding ortho intramolecular Hbond substituents is 1. The SMILES string of the molecule is COC(=O)c1cc(N(C)C)c2c(c1O)C(O)=C1C(=O)[C@]3(O)C(=O)C(C(N)=O)C(O)C(N(C)C)[C@@H]3C[C@@H]1C2. The minimum atomic E-state index is -2.74. The zero-order valence-electron chi connectivity index (χ0n) is 21.2. The predicted octanol–water partition coefficient (Wildman–Crippen LogP) is -1.02. The monoisotopic (exact) mass is 517 g/mol. The van der Waals surface area contributed by atoms with Gasteiger partial charge in [-0.05, 0) is 44.5 Å². The summed E-state index contributed by atoms with van der Waals surface area (Å²) >= 11 is 0. The number of nitrogens with zero attached hydrogens (tertiary/aromatic N) is 2. The van der Waals surface area contributed by atoms with Crippen LogP contribution in [0.2, 0.25) is 0 Å². The van der Waals surface area contributed by atoms with Crippen LogP contribution < -0.4 is 10.6 Å². The van der Waals surface area contributed by atoms with Crippen molar-refractivity contribution in [3.63, 3.8) is 0 Å². The number of aromatic hydroxyl groups is 1. The van der Waals surface area contributed by atoms with Gasteiger partial charge in [-0.3, -0.25) is 14.4 Å². The van der Waals surface area contributed by atoms with Gasteiger partial charge in [-0.1, -0.05) is 0 Å². The molecule has 4 rings (SSSR count). The molecular weight excluding hydrogens is 486 g/mol. The van der Waals surface area contributed by atoms with Crippen LogP contribution in [0.1, 0.15) is 27.9 Å². The minimum Gasteiger partial charge on any atom is -0.507 e. The Morgan fingerprint density at radius 2 is 1.78 bits per heavy atom. The van der Waals surface area contributed by atoms with Gasteiger partial charge in [-0.15, -0.1) is 0 Å². The number of carbonyl (C=O) groups excluding carboxylic acids is 4. The van der Waals surface area contributed by atoms with E-state index in [0.717, 1.165) is 7.11 Å². The van der Waals surface area contributed by atoms with Crippen LogP contribution in [-0.4, -0.2) is 102 Å². The lowest BCUT2D eigenvalue weighted by Gasteiger charge is -2.53. The molecule has 1 amide bonds. The number of fused-ring (bicyclic) bond motifs is 3. The first-order chi connectivity index (χ1) is 17.2. The number of Topliss-reactive ketones (excluding diaryl/α,β-unsaturated/α-hetero) is 2. The maximum absolute atomic E-state index is 13.9. The zero-order valence-corrected chi connectivity index (χ0v) is 21.2. The van der Waals surface area contributed by atoms with Crippen molar-refractivity contribution in [2.24, 2.45) is 23.5 Å². The molecule has 12 heteroatoms. The third kappa shape index (κ3) is 3.54. The highest BCUT2D eigenvalue weighted by atomic mass is 16.5. The summed E-state index contributed by atoms with van der Waals surface area (Å²) < 4.78 is 4.75. The average molecular weight is 518 g/mol.